The third kappa shape index (κ3) is 2.26. The highest BCUT2D eigenvalue weighted by atomic mass is 15.8. The lowest BCUT2D eigenvalue weighted by Crippen LogP contribution is -2.66. The molecule has 0 amide bonds. The third-order valence-corrected chi connectivity index (χ3v) is 6.92. The first-order valence-corrected chi connectivity index (χ1v) is 9.94. The molecule has 3 fully saturated rings. The molecule has 4 nitrogen and oxygen atoms in total. The fourth-order valence-corrected chi connectivity index (χ4v) is 6.04. The van der Waals surface area contributed by atoms with Crippen molar-refractivity contribution >= 4 is 0 Å². The van der Waals surface area contributed by atoms with Crippen LogP contribution in [0.3, 0.4) is 0 Å². The summed E-state index contributed by atoms with van der Waals surface area (Å²) < 4.78 is 0. The monoisotopic (exact) mass is 380 g/mol. The predicted octanol–water partition coefficient (Wildman–Crippen LogP) is 3.83. The molecule has 0 aromatic rings. The predicted molar refractivity (Wildman–Crippen MR) is 119 cm³/mol. The number of hydrogen-bond acceptors (Lipinski definition) is 4. The number of hydrogen-bond donors (Lipinski definition) is 2. The van der Waals surface area contributed by atoms with Gasteiger partial charge in [0.15, 0.2) is 0 Å². The number of nitrogens with zero attached hydrogens (tertiary/aromatic N) is 2. The van der Waals surface area contributed by atoms with Crippen molar-refractivity contribution in [2.24, 2.45) is 5.73 Å². The first kappa shape index (κ1) is 21.0. The van der Waals surface area contributed by atoms with Crippen molar-refractivity contribution in [2.45, 2.75) is 74.4 Å². The third-order valence-electron chi connectivity index (χ3n) is 6.92. The summed E-state index contributed by atoms with van der Waals surface area (Å²) in [5, 5.41) is 8.24. The highest BCUT2D eigenvalue weighted by molar-refractivity contribution is 5.62. The van der Waals surface area contributed by atoms with Gasteiger partial charge in [0.2, 0.25) is 0 Å². The Morgan fingerprint density at radius 1 is 0.857 bits per heavy atom. The summed E-state index contributed by atoms with van der Waals surface area (Å²) in [7, 11) is 0. The lowest BCUT2D eigenvalue weighted by molar-refractivity contribution is -0.104. The van der Waals surface area contributed by atoms with Crippen molar-refractivity contribution in [3.8, 4) is 0 Å². The van der Waals surface area contributed by atoms with Gasteiger partial charge in [-0.1, -0.05) is 37.5 Å². The normalized spacial score (nSPS) is 35.5. The second-order valence-corrected chi connectivity index (χ2v) is 9.80. The van der Waals surface area contributed by atoms with Crippen molar-refractivity contribution < 1.29 is 0 Å². The van der Waals surface area contributed by atoms with E-state index in [1.54, 1.807) is 0 Å². The number of nitrogens with two attached hydrogens (primary N) is 1. The summed E-state index contributed by atoms with van der Waals surface area (Å²) in [5.74, 6) is 0. The minimum absolute atomic E-state index is 0.0371. The van der Waals surface area contributed by atoms with Crippen molar-refractivity contribution in [2.75, 3.05) is 0 Å². The lowest BCUT2D eigenvalue weighted by atomic mass is 9.69. The van der Waals surface area contributed by atoms with Gasteiger partial charge in [0.1, 0.15) is 5.66 Å². The maximum atomic E-state index is 7.17. The van der Waals surface area contributed by atoms with Crippen LogP contribution in [0.4, 0.5) is 0 Å². The highest BCUT2D eigenvalue weighted by Crippen LogP contribution is 2.62. The molecule has 4 heteroatoms. The molecule has 0 aromatic heterocycles. The number of hydrazine groups is 1. The van der Waals surface area contributed by atoms with Gasteiger partial charge < -0.3 is 11.1 Å². The van der Waals surface area contributed by atoms with Crippen LogP contribution in [0.5, 0.6) is 0 Å². The zero-order valence-corrected chi connectivity index (χ0v) is 18.0. The Bertz CT molecular complexity index is 712. The molecule has 0 atom stereocenters. The molecule has 3 N–H and O–H groups in total. The fourth-order valence-electron chi connectivity index (χ4n) is 6.04. The molecule has 0 aliphatic carbocycles. The van der Waals surface area contributed by atoms with E-state index in [2.05, 4.69) is 82.5 Å². The van der Waals surface area contributed by atoms with Gasteiger partial charge in [-0.15, -0.1) is 26.3 Å². The number of piperidine rings is 2. The average Bonchev–Trinajstić information content (AvgIpc) is 2.92. The molecular formula is C24H36N4. The van der Waals surface area contributed by atoms with Gasteiger partial charge in [-0.25, -0.2) is 10.0 Å². The van der Waals surface area contributed by atoms with E-state index in [0.717, 1.165) is 24.0 Å². The Kier molecular flexibility index (Phi) is 4.42. The number of rotatable bonds is 5. The van der Waals surface area contributed by atoms with E-state index in [1.807, 2.05) is 24.3 Å². The van der Waals surface area contributed by atoms with E-state index in [1.165, 1.54) is 0 Å². The van der Waals surface area contributed by atoms with Crippen LogP contribution in [0, 0.1) is 0 Å². The topological polar surface area (TPSA) is 44.5 Å². The molecule has 3 heterocycles. The molecule has 28 heavy (non-hydrogen) atoms. The van der Waals surface area contributed by atoms with Crippen LogP contribution in [0.25, 0.3) is 0 Å². The smallest absolute Gasteiger partial charge is 0.131 e. The standard InChI is InChI=1S/C24H36N4/c1-11-22(12-2)17(5)24(25)18(6)23(13-3,14-4)28(22)27(24)19-15-20(7,8)26-21(9,10)16-19/h11-14,19,26H,1-6,15-16,25H2,7-10H3. The molecule has 3 rings (SSSR count). The van der Waals surface area contributed by atoms with Gasteiger partial charge in [-0.05, 0) is 51.7 Å². The van der Waals surface area contributed by atoms with E-state index in [9.17, 15) is 0 Å². The Morgan fingerprint density at radius 3 is 1.54 bits per heavy atom. The van der Waals surface area contributed by atoms with E-state index >= 15 is 0 Å². The van der Waals surface area contributed by atoms with Gasteiger partial charge in [0, 0.05) is 17.1 Å². The highest BCUT2D eigenvalue weighted by Gasteiger charge is 2.73. The minimum atomic E-state index is -0.932. The average molecular weight is 381 g/mol. The van der Waals surface area contributed by atoms with Crippen molar-refractivity contribution in [1.29, 1.82) is 0 Å². The van der Waals surface area contributed by atoms with Gasteiger partial charge in [-0.2, -0.15) is 0 Å². The largest absolute Gasteiger partial charge is 0.307 e. The van der Waals surface area contributed by atoms with Crippen LogP contribution in [0.2, 0.25) is 0 Å². The van der Waals surface area contributed by atoms with Crippen LogP contribution in [-0.4, -0.2) is 43.9 Å². The Balaban J connectivity index is 2.27. The fraction of sp³-hybridized carbons (Fsp3) is 0.500. The number of nitrogens with one attached hydrogen (secondary N) is 1. The maximum absolute atomic E-state index is 7.17. The second kappa shape index (κ2) is 5.90. The SMILES string of the molecule is C=CC1(C=C)C(=C)C2(N)C(=C)C(C=C)(C=C)N1N2C1CC(C)(C)NC(C)(C)C1. The minimum Gasteiger partial charge on any atom is -0.307 e. The second-order valence-electron chi connectivity index (χ2n) is 9.80. The first-order valence-electron chi connectivity index (χ1n) is 9.94. The molecule has 3 saturated heterocycles. The summed E-state index contributed by atoms with van der Waals surface area (Å²) in [5.41, 5.74) is 6.41. The van der Waals surface area contributed by atoms with Crippen LogP contribution >= 0.6 is 0 Å². The molecular weight excluding hydrogens is 344 g/mol. The van der Waals surface area contributed by atoms with Crippen molar-refractivity contribution in [1.82, 2.24) is 15.3 Å². The van der Waals surface area contributed by atoms with E-state index in [-0.39, 0.29) is 17.1 Å². The van der Waals surface area contributed by atoms with Gasteiger partial charge >= 0.3 is 0 Å². The first-order chi connectivity index (χ1) is 12.8. The van der Waals surface area contributed by atoms with Gasteiger partial charge in [0.05, 0.1) is 11.1 Å². The molecule has 3 aliphatic heterocycles. The molecule has 2 bridgehead atoms. The molecule has 0 spiro atoms. The van der Waals surface area contributed by atoms with Gasteiger partial charge in [-0.3, -0.25) is 0 Å². The quantitative estimate of drug-likeness (QED) is 0.712. The summed E-state index contributed by atoms with van der Waals surface area (Å²) in [6, 6.07) is 0.174. The van der Waals surface area contributed by atoms with Crippen molar-refractivity contribution in [3.63, 3.8) is 0 Å². The Morgan fingerprint density at radius 2 is 1.21 bits per heavy atom. The maximum Gasteiger partial charge on any atom is 0.131 e. The van der Waals surface area contributed by atoms with Crippen LogP contribution < -0.4 is 11.1 Å². The van der Waals surface area contributed by atoms with Gasteiger partial charge in [0.25, 0.3) is 0 Å². The molecule has 0 radical (unpaired) electrons. The number of fused-ring (bicyclic) bond motifs is 2. The Hall–Kier alpha value is -1.72. The zero-order valence-electron chi connectivity index (χ0n) is 18.0. The molecule has 0 saturated carbocycles. The molecule has 0 aromatic carbocycles. The Labute approximate surface area is 170 Å². The summed E-state index contributed by atoms with van der Waals surface area (Å²) in [6.45, 7) is 34.2. The lowest BCUT2D eigenvalue weighted by Gasteiger charge is -2.52. The molecule has 152 valence electrons. The van der Waals surface area contributed by atoms with E-state index in [4.69, 9.17) is 5.73 Å². The molecule has 3 aliphatic rings. The van der Waals surface area contributed by atoms with Crippen LogP contribution in [0.1, 0.15) is 40.5 Å². The van der Waals surface area contributed by atoms with E-state index < -0.39 is 16.7 Å². The summed E-state index contributed by atoms with van der Waals surface area (Å²) in [4.78, 5) is 0. The zero-order chi connectivity index (χ0) is 21.3. The summed E-state index contributed by atoms with van der Waals surface area (Å²) in [6.07, 6.45) is 9.35. The van der Waals surface area contributed by atoms with E-state index in [0.29, 0.717) is 0 Å². The van der Waals surface area contributed by atoms with Crippen LogP contribution in [-0.2, 0) is 0 Å². The molecule has 0 unspecified atom stereocenters. The summed E-state index contributed by atoms with van der Waals surface area (Å²) >= 11 is 0. The van der Waals surface area contributed by atoms with Crippen LogP contribution in [0.15, 0.2) is 74.9 Å². The van der Waals surface area contributed by atoms with Crippen molar-refractivity contribution in [3.05, 3.63) is 74.9 Å².